The Morgan fingerprint density at radius 2 is 1.90 bits per heavy atom. The lowest BCUT2D eigenvalue weighted by Gasteiger charge is -2.49. The number of fused-ring (bicyclic) bond motifs is 1. The van der Waals surface area contributed by atoms with Gasteiger partial charge in [0.25, 0.3) is 0 Å². The lowest BCUT2D eigenvalue weighted by atomic mass is 9.65. The number of alkyl halides is 3. The molecule has 1 N–H and O–H groups in total. The van der Waals surface area contributed by atoms with E-state index in [2.05, 4.69) is 4.98 Å². The van der Waals surface area contributed by atoms with E-state index in [1.54, 1.807) is 18.7 Å². The largest absolute Gasteiger partial charge is 0.389 e. The molecule has 4 atom stereocenters. The maximum absolute atomic E-state index is 13.2. The zero-order chi connectivity index (χ0) is 23.1. The molecule has 4 nitrogen and oxygen atoms in total. The van der Waals surface area contributed by atoms with Crippen molar-refractivity contribution >= 4 is 29.1 Å². The molecular weight excluding hydrogens is 452 g/mol. The topological polar surface area (TPSA) is 53.4 Å². The summed E-state index contributed by atoms with van der Waals surface area (Å²) in [6, 6.07) is -0.143. The summed E-state index contributed by atoms with van der Waals surface area (Å²) in [5, 5.41) is 10.7. The predicted molar refractivity (Wildman–Crippen MR) is 114 cm³/mol. The number of rotatable bonds is 4. The number of piperidine rings is 1. The van der Waals surface area contributed by atoms with Gasteiger partial charge in [-0.3, -0.25) is 9.78 Å². The van der Waals surface area contributed by atoms with Crippen molar-refractivity contribution < 1.29 is 23.1 Å². The molecule has 0 spiro atoms. The zero-order valence-corrected chi connectivity index (χ0v) is 19.5. The number of carbonyl (C=O) groups is 1. The standard InChI is InChI=1S/C22H29Cl2F3N2O2/c1-12-14-6-4-5-13(10-22(25,26)27)15(14)7-8-29(12)18(30)9-16-17(23)11-28-20(19(16)24)21(2,3)31/h11-15,31H,4-10H2,1-3H3. The number of amides is 1. The summed E-state index contributed by atoms with van der Waals surface area (Å²) < 4.78 is 39.1. The van der Waals surface area contributed by atoms with Crippen LogP contribution in [0, 0.1) is 17.8 Å². The van der Waals surface area contributed by atoms with E-state index in [9.17, 15) is 23.1 Å². The average Bonchev–Trinajstić information content (AvgIpc) is 2.63. The number of likely N-dealkylation sites (tertiary alicyclic amines) is 1. The quantitative estimate of drug-likeness (QED) is 0.595. The molecule has 1 aliphatic carbocycles. The highest BCUT2D eigenvalue weighted by atomic mass is 35.5. The van der Waals surface area contributed by atoms with Crippen molar-refractivity contribution in [2.24, 2.45) is 17.8 Å². The summed E-state index contributed by atoms with van der Waals surface area (Å²) in [5.74, 6) is -0.476. The average molecular weight is 481 g/mol. The summed E-state index contributed by atoms with van der Waals surface area (Å²) in [4.78, 5) is 19.0. The molecule has 0 radical (unpaired) electrons. The fourth-order valence-electron chi connectivity index (χ4n) is 5.41. The van der Waals surface area contributed by atoms with E-state index in [-0.39, 0.29) is 51.9 Å². The van der Waals surface area contributed by atoms with Crippen molar-refractivity contribution in [1.29, 1.82) is 0 Å². The molecule has 1 aliphatic heterocycles. The Hall–Kier alpha value is -1.05. The van der Waals surface area contributed by atoms with Crippen molar-refractivity contribution in [2.75, 3.05) is 6.54 Å². The number of hydrogen-bond donors (Lipinski definition) is 1. The fraction of sp³-hybridized carbons (Fsp3) is 0.727. The highest BCUT2D eigenvalue weighted by molar-refractivity contribution is 6.36. The molecule has 2 fully saturated rings. The smallest absolute Gasteiger partial charge is 0.384 e. The highest BCUT2D eigenvalue weighted by Crippen LogP contribution is 2.47. The minimum Gasteiger partial charge on any atom is -0.384 e. The molecule has 1 saturated heterocycles. The summed E-state index contributed by atoms with van der Waals surface area (Å²) in [7, 11) is 0. The zero-order valence-electron chi connectivity index (χ0n) is 18.0. The number of halogens is 5. The Morgan fingerprint density at radius 3 is 2.52 bits per heavy atom. The van der Waals surface area contributed by atoms with Crippen LogP contribution in [0.1, 0.15) is 64.1 Å². The normalized spacial score (nSPS) is 27.2. The van der Waals surface area contributed by atoms with Crippen molar-refractivity contribution in [3.05, 3.63) is 27.5 Å². The van der Waals surface area contributed by atoms with Crippen LogP contribution in [0.3, 0.4) is 0 Å². The van der Waals surface area contributed by atoms with Gasteiger partial charge in [0.1, 0.15) is 5.60 Å². The van der Waals surface area contributed by atoms with Crippen LogP contribution < -0.4 is 0 Å². The molecule has 31 heavy (non-hydrogen) atoms. The summed E-state index contributed by atoms with van der Waals surface area (Å²) in [6.45, 7) is 5.46. The van der Waals surface area contributed by atoms with Crippen LogP contribution in [0.5, 0.6) is 0 Å². The molecule has 1 aromatic heterocycles. The van der Waals surface area contributed by atoms with Crippen molar-refractivity contribution in [2.45, 2.75) is 77.1 Å². The molecule has 3 rings (SSSR count). The first-order valence-corrected chi connectivity index (χ1v) is 11.5. The molecule has 2 heterocycles. The van der Waals surface area contributed by atoms with Crippen LogP contribution in [-0.2, 0) is 16.8 Å². The van der Waals surface area contributed by atoms with E-state index in [1.165, 1.54) is 6.20 Å². The summed E-state index contributed by atoms with van der Waals surface area (Å²) in [6.07, 6.45) is -0.794. The van der Waals surface area contributed by atoms with E-state index in [1.807, 2.05) is 6.92 Å². The number of aliphatic hydroxyl groups is 1. The van der Waals surface area contributed by atoms with Gasteiger partial charge in [0.15, 0.2) is 0 Å². The van der Waals surface area contributed by atoms with Crippen LogP contribution in [-0.4, -0.2) is 39.7 Å². The minimum absolute atomic E-state index is 0.00989. The third kappa shape index (κ3) is 5.48. The Bertz CT molecular complexity index is 826. The highest BCUT2D eigenvalue weighted by Gasteiger charge is 2.46. The van der Waals surface area contributed by atoms with Gasteiger partial charge in [-0.1, -0.05) is 29.6 Å². The molecule has 9 heteroatoms. The monoisotopic (exact) mass is 480 g/mol. The van der Waals surface area contributed by atoms with E-state index in [4.69, 9.17) is 23.2 Å². The first kappa shape index (κ1) is 24.6. The maximum Gasteiger partial charge on any atom is 0.389 e. The third-order valence-electron chi connectivity index (χ3n) is 6.87. The second-order valence-corrected chi connectivity index (χ2v) is 10.2. The molecule has 1 amide bonds. The number of pyridine rings is 1. The second-order valence-electron chi connectivity index (χ2n) is 9.44. The van der Waals surface area contributed by atoms with E-state index < -0.39 is 18.2 Å². The predicted octanol–water partition coefficient (Wildman–Crippen LogP) is 5.76. The van der Waals surface area contributed by atoms with Gasteiger partial charge in [-0.2, -0.15) is 13.2 Å². The van der Waals surface area contributed by atoms with Crippen LogP contribution >= 0.6 is 23.2 Å². The maximum atomic E-state index is 13.2. The first-order chi connectivity index (χ1) is 14.3. The fourth-order valence-corrected chi connectivity index (χ4v) is 6.12. The molecular formula is C22H29Cl2F3N2O2. The van der Waals surface area contributed by atoms with Gasteiger partial charge in [-0.15, -0.1) is 0 Å². The molecule has 1 aromatic rings. The van der Waals surface area contributed by atoms with Crippen LogP contribution in [0.2, 0.25) is 10.0 Å². The van der Waals surface area contributed by atoms with E-state index in [0.29, 0.717) is 24.9 Å². The molecule has 0 bridgehead atoms. The van der Waals surface area contributed by atoms with Gasteiger partial charge in [-0.05, 0) is 57.8 Å². The number of aromatic nitrogens is 1. The lowest BCUT2D eigenvalue weighted by Crippen LogP contribution is -2.53. The Morgan fingerprint density at radius 1 is 1.23 bits per heavy atom. The van der Waals surface area contributed by atoms with Gasteiger partial charge in [0, 0.05) is 30.8 Å². The third-order valence-corrected chi connectivity index (χ3v) is 7.60. The van der Waals surface area contributed by atoms with Gasteiger partial charge >= 0.3 is 6.18 Å². The van der Waals surface area contributed by atoms with Crippen molar-refractivity contribution in [3.63, 3.8) is 0 Å². The Labute approximate surface area is 191 Å². The molecule has 174 valence electrons. The van der Waals surface area contributed by atoms with Gasteiger partial charge in [-0.25, -0.2) is 0 Å². The van der Waals surface area contributed by atoms with Gasteiger partial charge in [0.2, 0.25) is 5.91 Å². The van der Waals surface area contributed by atoms with Crippen LogP contribution in [0.25, 0.3) is 0 Å². The van der Waals surface area contributed by atoms with Crippen LogP contribution in [0.15, 0.2) is 6.20 Å². The lowest BCUT2D eigenvalue weighted by molar-refractivity contribution is -0.160. The second kappa shape index (κ2) is 9.06. The molecule has 4 unspecified atom stereocenters. The molecule has 1 saturated carbocycles. The SMILES string of the molecule is CC1C2CCCC(CC(F)(F)F)C2CCN1C(=O)Cc1c(Cl)cnc(C(C)(C)O)c1Cl. The number of carbonyl (C=O) groups excluding carboxylic acids is 1. The van der Waals surface area contributed by atoms with Crippen molar-refractivity contribution in [1.82, 2.24) is 9.88 Å². The number of nitrogens with zero attached hydrogens (tertiary/aromatic N) is 2. The van der Waals surface area contributed by atoms with Gasteiger partial charge in [0.05, 0.1) is 22.2 Å². The Kier molecular flexibility index (Phi) is 7.19. The van der Waals surface area contributed by atoms with E-state index in [0.717, 1.165) is 12.8 Å². The number of hydrogen-bond acceptors (Lipinski definition) is 3. The Balaban J connectivity index is 1.76. The summed E-state index contributed by atoms with van der Waals surface area (Å²) >= 11 is 12.7. The van der Waals surface area contributed by atoms with Crippen molar-refractivity contribution in [3.8, 4) is 0 Å². The molecule has 2 aliphatic rings. The van der Waals surface area contributed by atoms with Crippen LogP contribution in [0.4, 0.5) is 13.2 Å². The summed E-state index contributed by atoms with van der Waals surface area (Å²) in [5.41, 5.74) is -0.635. The molecule has 0 aromatic carbocycles. The van der Waals surface area contributed by atoms with E-state index >= 15 is 0 Å². The minimum atomic E-state index is -4.16. The first-order valence-electron chi connectivity index (χ1n) is 10.7. The van der Waals surface area contributed by atoms with Gasteiger partial charge < -0.3 is 10.0 Å².